The van der Waals surface area contributed by atoms with E-state index < -0.39 is 0 Å². The fourth-order valence-corrected chi connectivity index (χ4v) is 2.57. The predicted octanol–water partition coefficient (Wildman–Crippen LogP) is 3.74. The van der Waals surface area contributed by atoms with Crippen molar-refractivity contribution < 1.29 is 28.5 Å². The monoisotopic (exact) mass is 360 g/mol. The molecule has 6 heteroatoms. The summed E-state index contributed by atoms with van der Waals surface area (Å²) in [6.45, 7) is 4.74. The van der Waals surface area contributed by atoms with E-state index in [0.29, 0.717) is 53.1 Å². The van der Waals surface area contributed by atoms with Crippen LogP contribution in [-0.4, -0.2) is 40.3 Å². The SMILES string of the molecule is CCOc1ccc(C(=O)c2cc(OC)c(OCC)c(OC)c2)c(OC)c1. The third-order valence-corrected chi connectivity index (χ3v) is 3.74. The van der Waals surface area contributed by atoms with Gasteiger partial charge in [-0.25, -0.2) is 0 Å². The van der Waals surface area contributed by atoms with Gasteiger partial charge >= 0.3 is 0 Å². The molecular formula is C20H24O6. The van der Waals surface area contributed by atoms with Gasteiger partial charge in [0.25, 0.3) is 0 Å². The van der Waals surface area contributed by atoms with E-state index in [9.17, 15) is 4.79 Å². The fourth-order valence-electron chi connectivity index (χ4n) is 2.57. The van der Waals surface area contributed by atoms with E-state index in [1.807, 2.05) is 13.8 Å². The first kappa shape index (κ1) is 19.4. The van der Waals surface area contributed by atoms with Crippen molar-refractivity contribution in [2.45, 2.75) is 13.8 Å². The van der Waals surface area contributed by atoms with Crippen molar-refractivity contribution in [3.63, 3.8) is 0 Å². The Bertz CT molecular complexity index is 744. The van der Waals surface area contributed by atoms with Crippen molar-refractivity contribution in [3.8, 4) is 28.7 Å². The lowest BCUT2D eigenvalue weighted by molar-refractivity contribution is 0.103. The van der Waals surface area contributed by atoms with Crippen LogP contribution in [0.4, 0.5) is 0 Å². The maximum absolute atomic E-state index is 13.0. The molecule has 0 aliphatic heterocycles. The molecule has 0 aromatic heterocycles. The Morgan fingerprint density at radius 2 is 1.38 bits per heavy atom. The van der Waals surface area contributed by atoms with Crippen LogP contribution >= 0.6 is 0 Å². The van der Waals surface area contributed by atoms with Gasteiger partial charge in [0.15, 0.2) is 17.3 Å². The van der Waals surface area contributed by atoms with Gasteiger partial charge in [0.2, 0.25) is 5.75 Å². The number of ketones is 1. The summed E-state index contributed by atoms with van der Waals surface area (Å²) in [7, 11) is 4.55. The second kappa shape index (κ2) is 8.99. The largest absolute Gasteiger partial charge is 0.496 e. The molecule has 0 bridgehead atoms. The molecule has 6 nitrogen and oxygen atoms in total. The lowest BCUT2D eigenvalue weighted by Gasteiger charge is -2.16. The van der Waals surface area contributed by atoms with Crippen molar-refractivity contribution in [2.75, 3.05) is 34.5 Å². The molecule has 2 aromatic carbocycles. The highest BCUT2D eigenvalue weighted by Gasteiger charge is 2.21. The second-order valence-corrected chi connectivity index (χ2v) is 5.27. The summed E-state index contributed by atoms with van der Waals surface area (Å²) in [5.41, 5.74) is 0.828. The minimum atomic E-state index is -0.218. The van der Waals surface area contributed by atoms with E-state index in [0.717, 1.165) is 0 Å². The Morgan fingerprint density at radius 1 is 0.808 bits per heavy atom. The van der Waals surface area contributed by atoms with Crippen LogP contribution in [-0.2, 0) is 0 Å². The first-order valence-electron chi connectivity index (χ1n) is 8.33. The van der Waals surface area contributed by atoms with Crippen LogP contribution in [0.3, 0.4) is 0 Å². The Hall–Kier alpha value is -2.89. The number of hydrogen-bond acceptors (Lipinski definition) is 6. The number of methoxy groups -OCH3 is 3. The van der Waals surface area contributed by atoms with Crippen molar-refractivity contribution in [1.29, 1.82) is 0 Å². The minimum absolute atomic E-state index is 0.218. The molecule has 0 heterocycles. The molecule has 0 saturated carbocycles. The van der Waals surface area contributed by atoms with Crippen LogP contribution in [0.1, 0.15) is 29.8 Å². The molecule has 2 rings (SSSR count). The Labute approximate surface area is 153 Å². The van der Waals surface area contributed by atoms with Crippen molar-refractivity contribution in [1.82, 2.24) is 0 Å². The van der Waals surface area contributed by atoms with Crippen LogP contribution in [0, 0.1) is 0 Å². The minimum Gasteiger partial charge on any atom is -0.496 e. The number of rotatable bonds is 9. The average Bonchev–Trinajstić information content (AvgIpc) is 2.67. The van der Waals surface area contributed by atoms with Gasteiger partial charge in [0.05, 0.1) is 40.1 Å². The van der Waals surface area contributed by atoms with Gasteiger partial charge in [0, 0.05) is 11.6 Å². The van der Waals surface area contributed by atoms with E-state index in [1.165, 1.54) is 21.3 Å². The third kappa shape index (κ3) is 4.02. The van der Waals surface area contributed by atoms with Crippen LogP contribution in [0.15, 0.2) is 30.3 Å². The molecule has 0 unspecified atom stereocenters. The first-order chi connectivity index (χ1) is 12.6. The normalized spacial score (nSPS) is 10.2. The van der Waals surface area contributed by atoms with Gasteiger partial charge in [-0.3, -0.25) is 4.79 Å². The first-order valence-corrected chi connectivity index (χ1v) is 8.33. The summed E-state index contributed by atoms with van der Waals surface area (Å²) in [4.78, 5) is 13.0. The van der Waals surface area contributed by atoms with Gasteiger partial charge < -0.3 is 23.7 Å². The molecule has 0 amide bonds. The van der Waals surface area contributed by atoms with Crippen LogP contribution < -0.4 is 23.7 Å². The van der Waals surface area contributed by atoms with E-state index >= 15 is 0 Å². The molecule has 0 spiro atoms. The van der Waals surface area contributed by atoms with E-state index in [4.69, 9.17) is 23.7 Å². The average molecular weight is 360 g/mol. The zero-order valence-electron chi connectivity index (χ0n) is 15.8. The van der Waals surface area contributed by atoms with Gasteiger partial charge in [-0.05, 0) is 38.1 Å². The fraction of sp³-hybridized carbons (Fsp3) is 0.350. The van der Waals surface area contributed by atoms with Crippen molar-refractivity contribution >= 4 is 5.78 Å². The maximum atomic E-state index is 13.0. The van der Waals surface area contributed by atoms with Gasteiger partial charge in [-0.15, -0.1) is 0 Å². The van der Waals surface area contributed by atoms with Crippen LogP contribution in [0.2, 0.25) is 0 Å². The summed E-state index contributed by atoms with van der Waals surface area (Å²) < 4.78 is 27.1. The summed E-state index contributed by atoms with van der Waals surface area (Å²) in [6, 6.07) is 8.38. The topological polar surface area (TPSA) is 63.2 Å². The number of carbonyl (C=O) groups excluding carboxylic acids is 1. The number of hydrogen-bond donors (Lipinski definition) is 0. The van der Waals surface area contributed by atoms with E-state index in [-0.39, 0.29) is 5.78 Å². The summed E-state index contributed by atoms with van der Waals surface area (Å²) >= 11 is 0. The summed E-state index contributed by atoms with van der Waals surface area (Å²) in [5, 5.41) is 0. The van der Waals surface area contributed by atoms with E-state index in [2.05, 4.69) is 0 Å². The highest BCUT2D eigenvalue weighted by Crippen LogP contribution is 2.39. The number of benzene rings is 2. The molecular weight excluding hydrogens is 336 g/mol. The molecule has 0 aliphatic carbocycles. The highest BCUT2D eigenvalue weighted by molar-refractivity contribution is 6.11. The Balaban J connectivity index is 2.49. The summed E-state index contributed by atoms with van der Waals surface area (Å²) in [6.07, 6.45) is 0. The lowest BCUT2D eigenvalue weighted by Crippen LogP contribution is -2.07. The molecule has 0 aliphatic rings. The van der Waals surface area contributed by atoms with Crippen molar-refractivity contribution in [3.05, 3.63) is 41.5 Å². The molecule has 26 heavy (non-hydrogen) atoms. The number of carbonyl (C=O) groups is 1. The van der Waals surface area contributed by atoms with Gasteiger partial charge in [0.1, 0.15) is 11.5 Å². The molecule has 2 aromatic rings. The van der Waals surface area contributed by atoms with Crippen molar-refractivity contribution in [2.24, 2.45) is 0 Å². The summed E-state index contributed by atoms with van der Waals surface area (Å²) in [5.74, 6) is 2.19. The Kier molecular flexibility index (Phi) is 6.72. The zero-order valence-corrected chi connectivity index (χ0v) is 15.8. The lowest BCUT2D eigenvalue weighted by atomic mass is 10.0. The molecule has 0 atom stereocenters. The third-order valence-electron chi connectivity index (χ3n) is 3.74. The highest BCUT2D eigenvalue weighted by atomic mass is 16.5. The quantitative estimate of drug-likeness (QED) is 0.635. The smallest absolute Gasteiger partial charge is 0.203 e. The van der Waals surface area contributed by atoms with Gasteiger partial charge in [-0.1, -0.05) is 0 Å². The maximum Gasteiger partial charge on any atom is 0.203 e. The second-order valence-electron chi connectivity index (χ2n) is 5.27. The Morgan fingerprint density at radius 3 is 1.88 bits per heavy atom. The van der Waals surface area contributed by atoms with Crippen LogP contribution in [0.5, 0.6) is 28.7 Å². The molecule has 0 saturated heterocycles. The molecule has 0 fully saturated rings. The molecule has 0 N–H and O–H groups in total. The van der Waals surface area contributed by atoms with Crippen LogP contribution in [0.25, 0.3) is 0 Å². The standard InChI is InChI=1S/C20H24O6/c1-6-25-14-8-9-15(16(12-14)22-3)19(21)13-10-17(23-4)20(26-7-2)18(11-13)24-5/h8-12H,6-7H2,1-5H3. The van der Waals surface area contributed by atoms with Gasteiger partial charge in [-0.2, -0.15) is 0 Å². The van der Waals surface area contributed by atoms with E-state index in [1.54, 1.807) is 30.3 Å². The predicted molar refractivity (Wildman–Crippen MR) is 98.3 cm³/mol. The molecule has 140 valence electrons. The molecule has 0 radical (unpaired) electrons. The number of ether oxygens (including phenoxy) is 5. The zero-order chi connectivity index (χ0) is 19.1.